The third kappa shape index (κ3) is 2.86. The molecule has 156 valence electrons. The van der Waals surface area contributed by atoms with Crippen LogP contribution < -0.4 is 4.90 Å². The molecule has 0 saturated carbocycles. The quantitative estimate of drug-likeness (QED) is 0.515. The SMILES string of the molecule is C[C@H]1CC(C)(C)N2[C@H]3C(=O)N(c4ccc(Br)cc4)C(=O)[C@H]3[C@@H](c3ccc(Br)cc3)N12. The minimum absolute atomic E-state index is 0.113. The van der Waals surface area contributed by atoms with Gasteiger partial charge in [-0.3, -0.25) is 9.59 Å². The molecule has 2 amide bonds. The predicted molar refractivity (Wildman–Crippen MR) is 123 cm³/mol. The van der Waals surface area contributed by atoms with E-state index in [9.17, 15) is 9.59 Å². The number of amides is 2. The molecule has 0 N–H and O–H groups in total. The van der Waals surface area contributed by atoms with Crippen molar-refractivity contribution in [2.24, 2.45) is 5.92 Å². The Kier molecular flexibility index (Phi) is 4.74. The van der Waals surface area contributed by atoms with Crippen LogP contribution in [0.2, 0.25) is 0 Å². The molecule has 30 heavy (non-hydrogen) atoms. The molecule has 3 saturated heterocycles. The summed E-state index contributed by atoms with van der Waals surface area (Å²) in [7, 11) is 0. The Balaban J connectivity index is 1.64. The topological polar surface area (TPSA) is 43.9 Å². The van der Waals surface area contributed by atoms with Crippen LogP contribution in [-0.4, -0.2) is 39.5 Å². The second kappa shape index (κ2) is 6.99. The number of carbonyl (C=O) groups excluding carboxylic acids is 2. The van der Waals surface area contributed by atoms with Gasteiger partial charge in [0.15, 0.2) is 0 Å². The Hall–Kier alpha value is -1.54. The van der Waals surface area contributed by atoms with Gasteiger partial charge < -0.3 is 0 Å². The van der Waals surface area contributed by atoms with E-state index >= 15 is 0 Å². The second-order valence-electron chi connectivity index (χ2n) is 9.05. The lowest BCUT2D eigenvalue weighted by atomic mass is 9.86. The number of fused-ring (bicyclic) bond motifs is 3. The molecule has 0 spiro atoms. The van der Waals surface area contributed by atoms with Crippen LogP contribution in [0.5, 0.6) is 0 Å². The van der Waals surface area contributed by atoms with Crippen molar-refractivity contribution in [3.63, 3.8) is 0 Å². The van der Waals surface area contributed by atoms with Crippen LogP contribution >= 0.6 is 31.9 Å². The fraction of sp³-hybridized carbons (Fsp3) is 0.391. The van der Waals surface area contributed by atoms with Crippen molar-refractivity contribution in [1.82, 2.24) is 10.0 Å². The van der Waals surface area contributed by atoms with Gasteiger partial charge in [0, 0.05) is 20.5 Å². The largest absolute Gasteiger partial charge is 0.274 e. The number of anilines is 1. The van der Waals surface area contributed by atoms with Gasteiger partial charge in [0.05, 0.1) is 17.6 Å². The van der Waals surface area contributed by atoms with Crippen molar-refractivity contribution >= 4 is 49.4 Å². The molecule has 3 heterocycles. The zero-order chi connectivity index (χ0) is 21.4. The highest BCUT2D eigenvalue weighted by Gasteiger charge is 2.67. The maximum atomic E-state index is 13.7. The highest BCUT2D eigenvalue weighted by atomic mass is 79.9. The lowest BCUT2D eigenvalue weighted by Crippen LogP contribution is -2.52. The van der Waals surface area contributed by atoms with E-state index in [2.05, 4.69) is 74.8 Å². The fourth-order valence-corrected chi connectivity index (χ4v) is 6.16. The zero-order valence-electron chi connectivity index (χ0n) is 17.0. The summed E-state index contributed by atoms with van der Waals surface area (Å²) in [5.41, 5.74) is 1.51. The molecule has 5 rings (SSSR count). The third-order valence-electron chi connectivity index (χ3n) is 6.62. The van der Waals surface area contributed by atoms with E-state index in [1.807, 2.05) is 36.4 Å². The lowest BCUT2D eigenvalue weighted by molar-refractivity contribution is -0.130. The maximum Gasteiger partial charge on any atom is 0.253 e. The fourth-order valence-electron chi connectivity index (χ4n) is 5.64. The molecular weight excluding hydrogens is 510 g/mol. The summed E-state index contributed by atoms with van der Waals surface area (Å²) >= 11 is 6.94. The number of nitrogens with zero attached hydrogens (tertiary/aromatic N) is 3. The number of imide groups is 1. The molecule has 0 radical (unpaired) electrons. The van der Waals surface area contributed by atoms with Crippen molar-refractivity contribution in [3.05, 3.63) is 63.0 Å². The van der Waals surface area contributed by atoms with Crippen LogP contribution in [0.25, 0.3) is 0 Å². The maximum absolute atomic E-state index is 13.7. The Morgan fingerprint density at radius 2 is 1.43 bits per heavy atom. The van der Waals surface area contributed by atoms with Gasteiger partial charge in [-0.05, 0) is 69.2 Å². The van der Waals surface area contributed by atoms with E-state index in [0.29, 0.717) is 5.69 Å². The summed E-state index contributed by atoms with van der Waals surface area (Å²) in [4.78, 5) is 28.8. The molecule has 0 aromatic heterocycles. The van der Waals surface area contributed by atoms with E-state index in [-0.39, 0.29) is 29.4 Å². The number of rotatable bonds is 2. The molecule has 0 aliphatic carbocycles. The number of hydrogen-bond donors (Lipinski definition) is 0. The first-order valence-corrected chi connectivity index (χ1v) is 11.8. The number of hydrogen-bond acceptors (Lipinski definition) is 4. The summed E-state index contributed by atoms with van der Waals surface area (Å²) < 4.78 is 1.91. The van der Waals surface area contributed by atoms with Gasteiger partial charge in [-0.25, -0.2) is 14.9 Å². The highest BCUT2D eigenvalue weighted by molar-refractivity contribution is 9.10. The van der Waals surface area contributed by atoms with Crippen LogP contribution in [0.4, 0.5) is 5.69 Å². The average Bonchev–Trinajstić information content (AvgIpc) is 3.25. The number of benzene rings is 2. The number of carbonyl (C=O) groups is 2. The molecule has 4 atom stereocenters. The summed E-state index contributed by atoms with van der Waals surface area (Å²) in [5.74, 6) is -0.666. The minimum Gasteiger partial charge on any atom is -0.274 e. The average molecular weight is 533 g/mol. The number of halogens is 2. The van der Waals surface area contributed by atoms with E-state index in [1.54, 1.807) is 0 Å². The monoisotopic (exact) mass is 531 g/mol. The van der Waals surface area contributed by atoms with Crippen LogP contribution in [0.15, 0.2) is 57.5 Å². The lowest BCUT2D eigenvalue weighted by Gasteiger charge is -2.37. The van der Waals surface area contributed by atoms with Crippen molar-refractivity contribution in [2.75, 3.05) is 4.90 Å². The molecule has 2 aromatic rings. The molecule has 5 nitrogen and oxygen atoms in total. The van der Waals surface area contributed by atoms with Gasteiger partial charge in [-0.2, -0.15) is 0 Å². The first-order valence-electron chi connectivity index (χ1n) is 10.2. The zero-order valence-corrected chi connectivity index (χ0v) is 20.2. The van der Waals surface area contributed by atoms with Gasteiger partial charge in [-0.1, -0.05) is 44.0 Å². The Morgan fingerprint density at radius 1 is 0.867 bits per heavy atom. The normalized spacial score (nSPS) is 30.8. The first-order chi connectivity index (χ1) is 14.2. The van der Waals surface area contributed by atoms with Crippen molar-refractivity contribution in [1.29, 1.82) is 0 Å². The number of hydrazine groups is 1. The van der Waals surface area contributed by atoms with E-state index in [1.165, 1.54) is 4.90 Å². The van der Waals surface area contributed by atoms with Crippen LogP contribution in [-0.2, 0) is 9.59 Å². The van der Waals surface area contributed by atoms with E-state index in [4.69, 9.17) is 0 Å². The van der Waals surface area contributed by atoms with Crippen LogP contribution in [0, 0.1) is 5.92 Å². The minimum atomic E-state index is -0.477. The van der Waals surface area contributed by atoms with Gasteiger partial charge in [0.2, 0.25) is 5.91 Å². The first kappa shape index (κ1) is 20.4. The summed E-state index contributed by atoms with van der Waals surface area (Å²) in [6.45, 7) is 6.53. The molecule has 2 aromatic carbocycles. The highest BCUT2D eigenvalue weighted by Crippen LogP contribution is 2.55. The predicted octanol–water partition coefficient (Wildman–Crippen LogP) is 4.91. The summed E-state index contributed by atoms with van der Waals surface area (Å²) in [6.07, 6.45) is 0.947. The van der Waals surface area contributed by atoms with Crippen LogP contribution in [0.1, 0.15) is 38.8 Å². The standard InChI is InChI=1S/C23H23Br2N3O2/c1-13-12-23(2,3)28-20-18(19(27(13)28)14-4-6-15(24)7-5-14)21(29)26(22(20)30)17-10-8-16(25)9-11-17/h4-11,13,18-20H,12H2,1-3H3/t13-,18-,19+,20+/m0/s1. The summed E-state index contributed by atoms with van der Waals surface area (Å²) in [6, 6.07) is 15.1. The Morgan fingerprint density at radius 3 is 2.03 bits per heavy atom. The molecule has 3 aliphatic heterocycles. The molecule has 0 bridgehead atoms. The summed E-state index contributed by atoms with van der Waals surface area (Å²) in [5, 5.41) is 4.50. The molecule has 3 fully saturated rings. The molecule has 3 aliphatic rings. The van der Waals surface area contributed by atoms with Gasteiger partial charge in [0.25, 0.3) is 5.91 Å². The Labute approximate surface area is 193 Å². The van der Waals surface area contributed by atoms with Crippen molar-refractivity contribution in [3.8, 4) is 0 Å². The Bertz CT molecular complexity index is 1020. The van der Waals surface area contributed by atoms with Gasteiger partial charge >= 0.3 is 0 Å². The van der Waals surface area contributed by atoms with E-state index in [0.717, 1.165) is 20.9 Å². The molecule has 7 heteroatoms. The van der Waals surface area contributed by atoms with E-state index < -0.39 is 12.0 Å². The third-order valence-corrected chi connectivity index (χ3v) is 7.68. The van der Waals surface area contributed by atoms with Gasteiger partial charge in [0.1, 0.15) is 6.04 Å². The van der Waals surface area contributed by atoms with Crippen molar-refractivity contribution < 1.29 is 9.59 Å². The van der Waals surface area contributed by atoms with Gasteiger partial charge in [-0.15, -0.1) is 0 Å². The smallest absolute Gasteiger partial charge is 0.253 e. The molecule has 0 unspecified atom stereocenters. The van der Waals surface area contributed by atoms with Crippen molar-refractivity contribution in [2.45, 2.75) is 50.9 Å². The second-order valence-corrected chi connectivity index (χ2v) is 10.9. The molecular formula is C23H23Br2N3O2. The van der Waals surface area contributed by atoms with Crippen LogP contribution in [0.3, 0.4) is 0 Å².